The lowest BCUT2D eigenvalue weighted by Gasteiger charge is -2.15. The second-order valence-corrected chi connectivity index (χ2v) is 11.2. The lowest BCUT2D eigenvalue weighted by Crippen LogP contribution is -2.27. The van der Waals surface area contributed by atoms with Gasteiger partial charge < -0.3 is 14.6 Å². The van der Waals surface area contributed by atoms with Gasteiger partial charge in [0.15, 0.2) is 0 Å². The second kappa shape index (κ2) is 33.8. The predicted molar refractivity (Wildman–Crippen MR) is 173 cm³/mol. The van der Waals surface area contributed by atoms with Crippen LogP contribution in [0.1, 0.15) is 162 Å². The van der Waals surface area contributed by atoms with Crippen LogP contribution in [0.4, 0.5) is 0 Å². The highest BCUT2D eigenvalue weighted by Gasteiger charge is 2.13. The van der Waals surface area contributed by atoms with Crippen molar-refractivity contribution >= 4 is 5.97 Å². The van der Waals surface area contributed by atoms with E-state index in [1.807, 2.05) is 0 Å². The molecule has 0 aliphatic heterocycles. The molecule has 0 aromatic heterocycles. The molecule has 0 aromatic carbocycles. The van der Waals surface area contributed by atoms with Crippen LogP contribution in [-0.2, 0) is 14.3 Å². The minimum Gasteiger partial charge on any atom is -0.457 e. The largest absolute Gasteiger partial charge is 0.457 e. The number of aliphatic hydroxyl groups excluding tert-OH is 1. The Hall–Kier alpha value is -1.39. The van der Waals surface area contributed by atoms with Crippen molar-refractivity contribution < 1.29 is 19.4 Å². The fourth-order valence-electron chi connectivity index (χ4n) is 4.57. The van der Waals surface area contributed by atoms with Gasteiger partial charge in [-0.15, -0.1) is 0 Å². The summed E-state index contributed by atoms with van der Waals surface area (Å²) in [6, 6.07) is 0. The van der Waals surface area contributed by atoms with Crippen LogP contribution >= 0.6 is 0 Å². The number of aliphatic hydroxyl groups is 1. The van der Waals surface area contributed by atoms with Crippen molar-refractivity contribution in [1.82, 2.24) is 0 Å². The van der Waals surface area contributed by atoms with Gasteiger partial charge in [-0.3, -0.25) is 4.79 Å². The Morgan fingerprint density at radius 3 is 1.65 bits per heavy atom. The summed E-state index contributed by atoms with van der Waals surface area (Å²) in [7, 11) is 0. The Morgan fingerprint density at radius 2 is 1.07 bits per heavy atom. The molecule has 4 heteroatoms. The van der Waals surface area contributed by atoms with E-state index in [9.17, 15) is 9.90 Å². The van der Waals surface area contributed by atoms with Gasteiger partial charge in [-0.25, -0.2) is 0 Å². The zero-order valence-corrected chi connectivity index (χ0v) is 26.6. The van der Waals surface area contributed by atoms with Gasteiger partial charge in [0, 0.05) is 13.0 Å². The molecule has 0 radical (unpaired) electrons. The third-order valence-corrected chi connectivity index (χ3v) is 7.19. The molecule has 234 valence electrons. The van der Waals surface area contributed by atoms with E-state index < -0.39 is 6.10 Å². The Kier molecular flexibility index (Phi) is 32.6. The third kappa shape index (κ3) is 31.1. The highest BCUT2D eigenvalue weighted by atomic mass is 16.6. The molecular weight excluding hydrogens is 496 g/mol. The highest BCUT2D eigenvalue weighted by molar-refractivity contribution is 5.69. The lowest BCUT2D eigenvalue weighted by molar-refractivity contribution is -0.154. The molecule has 0 spiro atoms. The fourth-order valence-corrected chi connectivity index (χ4v) is 4.57. The molecule has 0 saturated carbocycles. The van der Waals surface area contributed by atoms with Crippen LogP contribution in [0.15, 0.2) is 36.5 Å². The van der Waals surface area contributed by atoms with Gasteiger partial charge in [-0.2, -0.15) is 0 Å². The molecule has 1 N–H and O–H groups in total. The van der Waals surface area contributed by atoms with Crippen molar-refractivity contribution in [2.24, 2.45) is 0 Å². The number of carbonyl (C=O) groups excluding carboxylic acids is 1. The molecule has 0 aromatic rings. The molecular formula is C36H66O4. The molecule has 4 nitrogen and oxygen atoms in total. The summed E-state index contributed by atoms with van der Waals surface area (Å²) in [5.41, 5.74) is 0. The highest BCUT2D eigenvalue weighted by Crippen LogP contribution is 2.11. The van der Waals surface area contributed by atoms with Gasteiger partial charge in [0.05, 0.1) is 13.2 Å². The molecule has 1 unspecified atom stereocenters. The van der Waals surface area contributed by atoms with E-state index in [0.717, 1.165) is 38.5 Å². The first-order chi connectivity index (χ1) is 19.7. The average Bonchev–Trinajstić information content (AvgIpc) is 2.96. The number of hydrogen-bond donors (Lipinski definition) is 1. The van der Waals surface area contributed by atoms with Crippen LogP contribution in [-0.4, -0.2) is 37.0 Å². The summed E-state index contributed by atoms with van der Waals surface area (Å²) < 4.78 is 11.1. The van der Waals surface area contributed by atoms with Gasteiger partial charge >= 0.3 is 5.97 Å². The average molecular weight is 563 g/mol. The van der Waals surface area contributed by atoms with Crippen molar-refractivity contribution in [1.29, 1.82) is 0 Å². The Labute approximate surface area is 249 Å². The molecule has 0 rings (SSSR count). The van der Waals surface area contributed by atoms with Crippen LogP contribution in [0.2, 0.25) is 0 Å². The smallest absolute Gasteiger partial charge is 0.306 e. The van der Waals surface area contributed by atoms with Gasteiger partial charge in [-0.05, 0) is 64.2 Å². The minimum atomic E-state index is -0.541. The molecule has 0 heterocycles. The van der Waals surface area contributed by atoms with Gasteiger partial charge in [0.25, 0.3) is 0 Å². The molecule has 1 atom stereocenters. The summed E-state index contributed by atoms with van der Waals surface area (Å²) >= 11 is 0. The number of allylic oxidation sites excluding steroid dienone is 6. The van der Waals surface area contributed by atoms with Crippen molar-refractivity contribution in [3.63, 3.8) is 0 Å². The SMILES string of the molecule is CCCC/C=C\C/C=C\CCCCCCCCOCC(CO)OC(=O)CCCCCCC/C=C\CCCCCC. The van der Waals surface area contributed by atoms with E-state index in [1.54, 1.807) is 0 Å². The standard InChI is InChI=1S/C36H66O4/c1-3-5-7-9-11-13-15-17-18-20-22-24-26-28-30-32-39-34-35(33-37)40-36(38)31-29-27-25-23-21-19-16-14-12-10-8-6-4-2/h9,11,14-17,35,37H,3-8,10,12-13,18-34H2,1-2H3/b11-9-,16-14-,17-15-. The van der Waals surface area contributed by atoms with Crippen LogP contribution in [0.3, 0.4) is 0 Å². The number of carbonyl (C=O) groups is 1. The summed E-state index contributed by atoms with van der Waals surface area (Å²) in [6.45, 7) is 5.25. The second-order valence-electron chi connectivity index (χ2n) is 11.2. The molecule has 0 aliphatic carbocycles. The zero-order valence-electron chi connectivity index (χ0n) is 26.6. The molecule has 0 fully saturated rings. The number of hydrogen-bond acceptors (Lipinski definition) is 4. The van der Waals surface area contributed by atoms with Crippen molar-refractivity contribution in [2.75, 3.05) is 19.8 Å². The van der Waals surface area contributed by atoms with Gasteiger partial charge in [0.1, 0.15) is 6.10 Å². The summed E-state index contributed by atoms with van der Waals surface area (Å²) in [5, 5.41) is 9.52. The van der Waals surface area contributed by atoms with Crippen LogP contribution in [0.25, 0.3) is 0 Å². The maximum Gasteiger partial charge on any atom is 0.306 e. The van der Waals surface area contributed by atoms with Crippen LogP contribution in [0, 0.1) is 0 Å². The van der Waals surface area contributed by atoms with Crippen molar-refractivity contribution in [3.05, 3.63) is 36.5 Å². The van der Waals surface area contributed by atoms with E-state index in [1.165, 1.54) is 103 Å². The summed E-state index contributed by atoms with van der Waals surface area (Å²) in [5.74, 6) is -0.216. The van der Waals surface area contributed by atoms with E-state index in [4.69, 9.17) is 9.47 Å². The number of esters is 1. The number of unbranched alkanes of at least 4 members (excludes halogenated alkanes) is 17. The zero-order chi connectivity index (χ0) is 29.2. The molecule has 40 heavy (non-hydrogen) atoms. The Bertz CT molecular complexity index is 596. The molecule has 0 bridgehead atoms. The Balaban J connectivity index is 3.49. The first-order valence-electron chi connectivity index (χ1n) is 17.1. The quantitative estimate of drug-likeness (QED) is 0.0518. The maximum atomic E-state index is 12.1. The van der Waals surface area contributed by atoms with Gasteiger partial charge in [0.2, 0.25) is 0 Å². The molecule has 0 amide bonds. The van der Waals surface area contributed by atoms with E-state index in [-0.39, 0.29) is 19.2 Å². The third-order valence-electron chi connectivity index (χ3n) is 7.19. The van der Waals surface area contributed by atoms with Gasteiger partial charge in [-0.1, -0.05) is 127 Å². The fraction of sp³-hybridized carbons (Fsp3) is 0.806. The number of rotatable bonds is 31. The normalized spacial score (nSPS) is 12.8. The van der Waals surface area contributed by atoms with Crippen molar-refractivity contribution in [3.8, 4) is 0 Å². The lowest BCUT2D eigenvalue weighted by atomic mass is 10.1. The first kappa shape index (κ1) is 38.6. The summed E-state index contributed by atoms with van der Waals surface area (Å²) in [4.78, 5) is 12.1. The van der Waals surface area contributed by atoms with E-state index >= 15 is 0 Å². The van der Waals surface area contributed by atoms with E-state index in [0.29, 0.717) is 13.0 Å². The van der Waals surface area contributed by atoms with Crippen LogP contribution < -0.4 is 0 Å². The topological polar surface area (TPSA) is 55.8 Å². The van der Waals surface area contributed by atoms with Crippen molar-refractivity contribution in [2.45, 2.75) is 168 Å². The molecule has 0 aliphatic rings. The monoisotopic (exact) mass is 562 g/mol. The first-order valence-corrected chi connectivity index (χ1v) is 17.1. The van der Waals surface area contributed by atoms with E-state index in [2.05, 4.69) is 50.3 Å². The number of ether oxygens (including phenoxy) is 2. The summed E-state index contributed by atoms with van der Waals surface area (Å²) in [6.07, 6.45) is 40.3. The molecule has 0 saturated heterocycles. The minimum absolute atomic E-state index is 0.179. The maximum absolute atomic E-state index is 12.1. The Morgan fingerprint density at radius 1 is 0.600 bits per heavy atom. The van der Waals surface area contributed by atoms with Crippen LogP contribution in [0.5, 0.6) is 0 Å². The predicted octanol–water partition coefficient (Wildman–Crippen LogP) is 10.6.